The van der Waals surface area contributed by atoms with Gasteiger partial charge in [0, 0.05) is 28.9 Å². The molecule has 0 aromatic rings. The lowest BCUT2D eigenvalue weighted by atomic mass is 9.46. The molecule has 4 aliphatic carbocycles. The molecule has 3 saturated carbocycles. The summed E-state index contributed by atoms with van der Waals surface area (Å²) < 4.78 is 6.02. The van der Waals surface area contributed by atoms with Gasteiger partial charge in [0.05, 0.1) is 0 Å². The maximum Gasteiger partial charge on any atom is 0.306 e. The van der Waals surface area contributed by atoms with Crippen LogP contribution in [0.5, 0.6) is 0 Å². The summed E-state index contributed by atoms with van der Waals surface area (Å²) in [5, 5.41) is 0.0642. The molecule has 5 rings (SSSR count). The molecule has 4 fully saturated rings. The molecule has 1 saturated heterocycles. The number of fused-ring (bicyclic) bond motifs is 6. The first-order valence-electron chi connectivity index (χ1n) is 10.9. The molecular weight excluding hydrogens is 372 g/mol. The fourth-order valence-corrected chi connectivity index (χ4v) is 9.14. The van der Waals surface area contributed by atoms with E-state index in [9.17, 15) is 14.4 Å². The smallest absolute Gasteiger partial charge is 0.306 e. The van der Waals surface area contributed by atoms with E-state index in [-0.39, 0.29) is 33.4 Å². The highest BCUT2D eigenvalue weighted by Crippen LogP contribution is 2.70. The quantitative estimate of drug-likeness (QED) is 0.503. The topological polar surface area (TPSA) is 60.4 Å². The van der Waals surface area contributed by atoms with Crippen molar-refractivity contribution in [2.45, 2.75) is 82.5 Å². The van der Waals surface area contributed by atoms with Gasteiger partial charge in [0.25, 0.3) is 0 Å². The molecule has 0 N–H and O–H groups in total. The number of ketones is 1. The van der Waals surface area contributed by atoms with Crippen molar-refractivity contribution in [3.8, 4) is 0 Å². The highest BCUT2D eigenvalue weighted by atomic mass is 32.2. The largest absolute Gasteiger partial charge is 0.458 e. The lowest BCUT2D eigenvalue weighted by molar-refractivity contribution is -0.167. The number of thioether (sulfide) groups is 1. The van der Waals surface area contributed by atoms with E-state index in [4.69, 9.17) is 4.74 Å². The molecule has 5 aliphatic rings. The van der Waals surface area contributed by atoms with Crippen molar-refractivity contribution in [2.24, 2.45) is 28.6 Å². The Bertz CT molecular complexity index is 775. The summed E-state index contributed by atoms with van der Waals surface area (Å²) in [5.74, 6) is 1.86. The van der Waals surface area contributed by atoms with Crippen molar-refractivity contribution in [1.29, 1.82) is 0 Å². The van der Waals surface area contributed by atoms with Crippen LogP contribution in [0.15, 0.2) is 11.6 Å². The first-order valence-corrected chi connectivity index (χ1v) is 11.8. The van der Waals surface area contributed by atoms with Crippen LogP contribution in [0.1, 0.15) is 71.6 Å². The number of hydrogen-bond donors (Lipinski definition) is 0. The Kier molecular flexibility index (Phi) is 4.18. The fraction of sp³-hybridized carbons (Fsp3) is 0.783. The zero-order chi connectivity index (χ0) is 19.7. The molecule has 1 heterocycles. The average Bonchev–Trinajstić information content (AvgIpc) is 3.17. The van der Waals surface area contributed by atoms with Crippen LogP contribution >= 0.6 is 11.8 Å². The second-order valence-corrected chi connectivity index (χ2v) is 11.3. The lowest BCUT2D eigenvalue weighted by Gasteiger charge is -2.60. The normalized spacial score (nSPS) is 49.9. The Labute approximate surface area is 171 Å². The van der Waals surface area contributed by atoms with E-state index in [1.807, 2.05) is 6.08 Å². The number of rotatable bonds is 2. The number of hydrogen-bond acceptors (Lipinski definition) is 5. The summed E-state index contributed by atoms with van der Waals surface area (Å²) in [7, 11) is 0. The molecule has 5 heteroatoms. The number of carbonyl (C=O) groups is 3. The van der Waals surface area contributed by atoms with Crippen LogP contribution in [0, 0.1) is 28.6 Å². The molecular formula is C23H30O4S. The lowest BCUT2D eigenvalue weighted by Crippen LogP contribution is -2.57. The zero-order valence-electron chi connectivity index (χ0n) is 16.9. The number of ether oxygens (including phenoxy) is 1. The number of esters is 1. The van der Waals surface area contributed by atoms with E-state index in [0.717, 1.165) is 50.6 Å². The van der Waals surface area contributed by atoms with Gasteiger partial charge in [-0.1, -0.05) is 31.2 Å². The van der Waals surface area contributed by atoms with Crippen molar-refractivity contribution < 1.29 is 19.1 Å². The molecule has 5 unspecified atom stereocenters. The summed E-state index contributed by atoms with van der Waals surface area (Å²) in [6.07, 6.45) is 10.3. The minimum Gasteiger partial charge on any atom is -0.458 e. The van der Waals surface area contributed by atoms with Crippen LogP contribution in [0.2, 0.25) is 0 Å². The Morgan fingerprint density at radius 1 is 1.07 bits per heavy atom. The van der Waals surface area contributed by atoms with E-state index >= 15 is 0 Å². The van der Waals surface area contributed by atoms with Gasteiger partial charge in [-0.05, 0) is 68.8 Å². The third kappa shape index (κ3) is 2.28. The first kappa shape index (κ1) is 18.9. The Balaban J connectivity index is 1.51. The highest BCUT2D eigenvalue weighted by molar-refractivity contribution is 8.12. The van der Waals surface area contributed by atoms with Crippen molar-refractivity contribution in [1.82, 2.24) is 0 Å². The van der Waals surface area contributed by atoms with Gasteiger partial charge in [0.2, 0.25) is 0 Å². The van der Waals surface area contributed by atoms with Gasteiger partial charge in [0.1, 0.15) is 5.60 Å². The molecule has 0 aromatic heterocycles. The van der Waals surface area contributed by atoms with Crippen molar-refractivity contribution in [3.63, 3.8) is 0 Å². The predicted molar refractivity (Wildman–Crippen MR) is 108 cm³/mol. The molecule has 1 aliphatic heterocycles. The minimum atomic E-state index is -0.240. The molecule has 152 valence electrons. The molecule has 0 aromatic carbocycles. The summed E-state index contributed by atoms with van der Waals surface area (Å²) in [6, 6.07) is 0. The van der Waals surface area contributed by atoms with Crippen LogP contribution in [0.4, 0.5) is 0 Å². The number of allylic oxidation sites excluding steroid dienone is 1. The van der Waals surface area contributed by atoms with E-state index in [0.29, 0.717) is 30.6 Å². The Morgan fingerprint density at radius 3 is 2.57 bits per heavy atom. The zero-order valence-corrected chi connectivity index (χ0v) is 17.7. The predicted octanol–water partition coefficient (Wildman–Crippen LogP) is 4.50. The standard InChI is InChI=1S/C23H30O4S/c1-21-8-5-18-16(17(21)6-9-23(21)10-7-20(26)27-23)4-3-14-11-15(25)12-19(28-13-24)22(14,18)2/h11,13,16-19H,3-10,12H2,1-2H3/t16?,17?,18-,19?,21?,22?,23+/m0/s1. The van der Waals surface area contributed by atoms with Gasteiger partial charge in [-0.15, -0.1) is 0 Å². The Hall–Kier alpha value is -1.10. The third-order valence-corrected chi connectivity index (χ3v) is 10.7. The van der Waals surface area contributed by atoms with Crippen molar-refractivity contribution in [3.05, 3.63) is 11.6 Å². The molecule has 1 spiro atoms. The summed E-state index contributed by atoms with van der Waals surface area (Å²) in [4.78, 5) is 35.7. The van der Waals surface area contributed by atoms with Gasteiger partial charge in [0.15, 0.2) is 11.4 Å². The van der Waals surface area contributed by atoms with E-state index < -0.39 is 0 Å². The van der Waals surface area contributed by atoms with E-state index in [1.165, 1.54) is 17.3 Å². The van der Waals surface area contributed by atoms with Gasteiger partial charge < -0.3 is 4.74 Å². The Morgan fingerprint density at radius 2 is 1.86 bits per heavy atom. The molecule has 0 bridgehead atoms. The highest BCUT2D eigenvalue weighted by Gasteiger charge is 2.67. The number of carbonyl (C=O) groups excluding carboxylic acids is 3. The second-order valence-electron chi connectivity index (χ2n) is 10.2. The fourth-order valence-electron chi connectivity index (χ4n) is 8.14. The molecule has 28 heavy (non-hydrogen) atoms. The van der Waals surface area contributed by atoms with E-state index in [2.05, 4.69) is 13.8 Å². The van der Waals surface area contributed by atoms with Gasteiger partial charge >= 0.3 is 5.97 Å². The monoisotopic (exact) mass is 402 g/mol. The van der Waals surface area contributed by atoms with Gasteiger partial charge in [-0.25, -0.2) is 0 Å². The van der Waals surface area contributed by atoms with Crippen LogP contribution in [0.3, 0.4) is 0 Å². The van der Waals surface area contributed by atoms with Crippen molar-refractivity contribution in [2.75, 3.05) is 0 Å². The summed E-state index contributed by atoms with van der Waals surface area (Å²) >= 11 is 1.33. The molecule has 0 amide bonds. The van der Waals surface area contributed by atoms with Gasteiger partial charge in [-0.3, -0.25) is 14.4 Å². The molecule has 7 atom stereocenters. The summed E-state index contributed by atoms with van der Waals surface area (Å²) in [6.45, 7) is 4.71. The van der Waals surface area contributed by atoms with Crippen molar-refractivity contribution >= 4 is 29.1 Å². The first-order chi connectivity index (χ1) is 13.3. The third-order valence-electron chi connectivity index (χ3n) is 9.59. The second kappa shape index (κ2) is 6.20. The SMILES string of the molecule is CC12C(=CC(=O)CC1SC=O)CCC1C3CC[C@@]4(CCC(=O)O4)C3(C)CC[C@@H]12. The maximum atomic E-state index is 12.3. The van der Waals surface area contributed by atoms with Crippen LogP contribution < -0.4 is 0 Å². The average molecular weight is 403 g/mol. The van der Waals surface area contributed by atoms with Crippen LogP contribution in [0.25, 0.3) is 0 Å². The van der Waals surface area contributed by atoms with E-state index in [1.54, 1.807) is 0 Å². The maximum absolute atomic E-state index is 12.3. The molecule has 0 radical (unpaired) electrons. The molecule has 4 nitrogen and oxygen atoms in total. The summed E-state index contributed by atoms with van der Waals surface area (Å²) in [5.41, 5.74) is 2.00. The van der Waals surface area contributed by atoms with Crippen LogP contribution in [-0.2, 0) is 19.1 Å². The minimum absolute atomic E-state index is 0.0157. The van der Waals surface area contributed by atoms with Crippen LogP contribution in [-0.4, -0.2) is 28.2 Å². The van der Waals surface area contributed by atoms with Gasteiger partial charge in [-0.2, -0.15) is 0 Å².